The largest absolute Gasteiger partial charge is 0.352 e. The van der Waals surface area contributed by atoms with Crippen LogP contribution in [0.3, 0.4) is 0 Å². The first-order valence-corrected chi connectivity index (χ1v) is 9.77. The fourth-order valence-electron chi connectivity index (χ4n) is 3.19. The fourth-order valence-corrected chi connectivity index (χ4v) is 4.21. The van der Waals surface area contributed by atoms with Gasteiger partial charge in [0, 0.05) is 38.6 Å². The lowest BCUT2D eigenvalue weighted by Gasteiger charge is -2.35. The van der Waals surface area contributed by atoms with Gasteiger partial charge in [-0.3, -0.25) is 9.78 Å². The topological polar surface area (TPSA) is 86.0 Å². The number of pyridine rings is 2. The summed E-state index contributed by atoms with van der Waals surface area (Å²) in [7, 11) is 0. The monoisotopic (exact) mass is 390 g/mol. The predicted molar refractivity (Wildman–Crippen MR) is 107 cm³/mol. The number of aryl methyl sites for hydroxylation is 1. The van der Waals surface area contributed by atoms with Crippen molar-refractivity contribution in [1.29, 1.82) is 5.26 Å². The Morgan fingerprint density at radius 2 is 1.89 bits per heavy atom. The second kappa shape index (κ2) is 7.74. The van der Waals surface area contributed by atoms with Gasteiger partial charge in [-0.15, -0.1) is 11.3 Å². The summed E-state index contributed by atoms with van der Waals surface area (Å²) in [5.41, 5.74) is 2.06. The number of carbonyl (C=O) groups is 1. The van der Waals surface area contributed by atoms with Gasteiger partial charge in [-0.05, 0) is 31.2 Å². The molecule has 0 atom stereocenters. The molecule has 0 unspecified atom stereocenters. The molecule has 1 fully saturated rings. The first-order chi connectivity index (χ1) is 13.7. The zero-order valence-corrected chi connectivity index (χ0v) is 16.2. The van der Waals surface area contributed by atoms with Gasteiger partial charge in [0.1, 0.15) is 21.8 Å². The van der Waals surface area contributed by atoms with Crippen LogP contribution in [-0.2, 0) is 0 Å². The van der Waals surface area contributed by atoms with Gasteiger partial charge < -0.3 is 9.80 Å². The number of anilines is 1. The summed E-state index contributed by atoms with van der Waals surface area (Å²) in [6, 6.07) is 11.4. The molecular formula is C20H18N6OS. The maximum atomic E-state index is 13.0. The third-order valence-corrected chi connectivity index (χ3v) is 5.82. The number of hydrogen-bond acceptors (Lipinski definition) is 7. The first kappa shape index (κ1) is 18.1. The van der Waals surface area contributed by atoms with E-state index in [1.54, 1.807) is 24.5 Å². The Balaban J connectivity index is 1.48. The van der Waals surface area contributed by atoms with Crippen LogP contribution in [-0.4, -0.2) is 51.9 Å². The number of thiazole rings is 1. The molecule has 1 amide bonds. The molecule has 28 heavy (non-hydrogen) atoms. The van der Waals surface area contributed by atoms with Crippen molar-refractivity contribution in [2.75, 3.05) is 31.1 Å². The van der Waals surface area contributed by atoms with E-state index in [0.717, 1.165) is 16.4 Å². The van der Waals surface area contributed by atoms with Crippen molar-refractivity contribution in [3.63, 3.8) is 0 Å². The lowest BCUT2D eigenvalue weighted by molar-refractivity contribution is 0.0750. The lowest BCUT2D eigenvalue weighted by atomic mass is 10.2. The standard InChI is InChI=1S/C20H18N6OS/c1-14-17(28-19(24-14)16-6-2-3-7-22-16)20(27)26-11-9-25(10-12-26)18-15(13-21)5-4-8-23-18/h2-8H,9-12H2,1H3. The van der Waals surface area contributed by atoms with E-state index < -0.39 is 0 Å². The lowest BCUT2D eigenvalue weighted by Crippen LogP contribution is -2.49. The minimum Gasteiger partial charge on any atom is -0.352 e. The van der Waals surface area contributed by atoms with Crippen LogP contribution in [0.25, 0.3) is 10.7 Å². The van der Waals surface area contributed by atoms with Gasteiger partial charge in [0.15, 0.2) is 0 Å². The number of aromatic nitrogens is 3. The van der Waals surface area contributed by atoms with Gasteiger partial charge in [0.2, 0.25) is 0 Å². The van der Waals surface area contributed by atoms with E-state index >= 15 is 0 Å². The normalized spacial score (nSPS) is 14.0. The Labute approximate surface area is 166 Å². The molecule has 8 heteroatoms. The van der Waals surface area contributed by atoms with Gasteiger partial charge in [-0.1, -0.05) is 6.07 Å². The molecule has 1 aliphatic rings. The second-order valence-corrected chi connectivity index (χ2v) is 7.41. The number of piperazine rings is 1. The summed E-state index contributed by atoms with van der Waals surface area (Å²) in [4.78, 5) is 30.8. The molecule has 4 rings (SSSR count). The van der Waals surface area contributed by atoms with Crippen molar-refractivity contribution in [2.24, 2.45) is 0 Å². The van der Waals surface area contributed by atoms with Crippen molar-refractivity contribution >= 4 is 23.1 Å². The van der Waals surface area contributed by atoms with Crippen LogP contribution in [0.5, 0.6) is 0 Å². The number of amides is 1. The van der Waals surface area contributed by atoms with E-state index in [-0.39, 0.29) is 5.91 Å². The molecule has 0 aliphatic carbocycles. The second-order valence-electron chi connectivity index (χ2n) is 6.41. The van der Waals surface area contributed by atoms with Crippen molar-refractivity contribution in [3.05, 3.63) is 58.9 Å². The molecule has 0 saturated carbocycles. The highest BCUT2D eigenvalue weighted by atomic mass is 32.1. The molecule has 140 valence electrons. The zero-order chi connectivity index (χ0) is 19.5. The zero-order valence-electron chi connectivity index (χ0n) is 15.4. The molecule has 0 bridgehead atoms. The average Bonchev–Trinajstić information content (AvgIpc) is 3.15. The van der Waals surface area contributed by atoms with E-state index in [2.05, 4.69) is 25.9 Å². The quantitative estimate of drug-likeness (QED) is 0.683. The van der Waals surface area contributed by atoms with Crippen molar-refractivity contribution in [2.45, 2.75) is 6.92 Å². The predicted octanol–water partition coefficient (Wildman–Crippen LogP) is 2.74. The molecule has 0 radical (unpaired) electrons. The summed E-state index contributed by atoms with van der Waals surface area (Å²) in [6.45, 7) is 4.30. The maximum Gasteiger partial charge on any atom is 0.265 e. The third-order valence-electron chi connectivity index (χ3n) is 4.65. The average molecular weight is 390 g/mol. The van der Waals surface area contributed by atoms with Crippen molar-refractivity contribution < 1.29 is 4.79 Å². The van der Waals surface area contributed by atoms with Gasteiger partial charge in [0.05, 0.1) is 17.0 Å². The van der Waals surface area contributed by atoms with Gasteiger partial charge in [-0.2, -0.15) is 5.26 Å². The van der Waals surface area contributed by atoms with E-state index in [4.69, 9.17) is 0 Å². The fraction of sp³-hybridized carbons (Fsp3) is 0.250. The number of rotatable bonds is 3. The Morgan fingerprint density at radius 1 is 1.11 bits per heavy atom. The summed E-state index contributed by atoms with van der Waals surface area (Å²) >= 11 is 1.38. The summed E-state index contributed by atoms with van der Waals surface area (Å²) in [5, 5.41) is 10.0. The molecule has 7 nitrogen and oxygen atoms in total. The number of nitriles is 1. The van der Waals surface area contributed by atoms with Crippen LogP contribution in [0.1, 0.15) is 20.9 Å². The summed E-state index contributed by atoms with van der Waals surface area (Å²) in [6.07, 6.45) is 3.41. The van der Waals surface area contributed by atoms with Crippen molar-refractivity contribution in [1.82, 2.24) is 19.9 Å². The highest BCUT2D eigenvalue weighted by molar-refractivity contribution is 7.17. The van der Waals surface area contributed by atoms with E-state index in [9.17, 15) is 10.1 Å². The smallest absolute Gasteiger partial charge is 0.265 e. The Hall–Kier alpha value is -3.31. The maximum absolute atomic E-state index is 13.0. The van der Waals surface area contributed by atoms with Crippen LogP contribution in [0.15, 0.2) is 42.7 Å². The number of carbonyl (C=O) groups excluding carboxylic acids is 1. The molecule has 1 saturated heterocycles. The molecule has 3 aromatic heterocycles. The molecule has 0 aromatic carbocycles. The van der Waals surface area contributed by atoms with Crippen LogP contribution in [0, 0.1) is 18.3 Å². The third kappa shape index (κ3) is 3.44. The van der Waals surface area contributed by atoms with Gasteiger partial charge >= 0.3 is 0 Å². The SMILES string of the molecule is Cc1nc(-c2ccccn2)sc1C(=O)N1CCN(c2ncccc2C#N)CC1. The van der Waals surface area contributed by atoms with Gasteiger partial charge in [0.25, 0.3) is 5.91 Å². The summed E-state index contributed by atoms with van der Waals surface area (Å²) < 4.78 is 0. The highest BCUT2D eigenvalue weighted by Crippen LogP contribution is 2.28. The molecular weight excluding hydrogens is 372 g/mol. The van der Waals surface area contributed by atoms with Crippen LogP contribution < -0.4 is 4.90 Å². The van der Waals surface area contributed by atoms with Crippen LogP contribution in [0.4, 0.5) is 5.82 Å². The Bertz CT molecular complexity index is 1030. The first-order valence-electron chi connectivity index (χ1n) is 8.95. The van der Waals surface area contributed by atoms with Crippen molar-refractivity contribution in [3.8, 4) is 16.8 Å². The van der Waals surface area contributed by atoms with Crippen LogP contribution >= 0.6 is 11.3 Å². The van der Waals surface area contributed by atoms with E-state index in [1.807, 2.05) is 30.0 Å². The minimum absolute atomic E-state index is 0.00152. The summed E-state index contributed by atoms with van der Waals surface area (Å²) in [5.74, 6) is 0.682. The molecule has 3 aromatic rings. The molecule has 0 N–H and O–H groups in total. The van der Waals surface area contributed by atoms with E-state index in [1.165, 1.54) is 11.3 Å². The minimum atomic E-state index is -0.00152. The molecule has 1 aliphatic heterocycles. The van der Waals surface area contributed by atoms with Gasteiger partial charge in [-0.25, -0.2) is 9.97 Å². The Kier molecular flexibility index (Phi) is 5.00. The number of hydrogen-bond donors (Lipinski definition) is 0. The highest BCUT2D eigenvalue weighted by Gasteiger charge is 2.27. The molecule has 4 heterocycles. The number of nitrogens with zero attached hydrogens (tertiary/aromatic N) is 6. The van der Waals surface area contributed by atoms with E-state index in [0.29, 0.717) is 42.4 Å². The molecule has 0 spiro atoms. The van der Waals surface area contributed by atoms with Crippen LogP contribution in [0.2, 0.25) is 0 Å². The Morgan fingerprint density at radius 3 is 2.61 bits per heavy atom.